The number of rotatable bonds is 9. The van der Waals surface area contributed by atoms with E-state index in [1.807, 2.05) is 6.07 Å². The Morgan fingerprint density at radius 2 is 2.00 bits per heavy atom. The van der Waals surface area contributed by atoms with Crippen molar-refractivity contribution in [3.8, 4) is 0 Å². The molecule has 4 heteroatoms. The Hall–Kier alpha value is 0.390. The van der Waals surface area contributed by atoms with E-state index >= 15 is 0 Å². The van der Waals surface area contributed by atoms with Crippen LogP contribution in [0.15, 0.2) is 24.3 Å². The van der Waals surface area contributed by atoms with Crippen molar-refractivity contribution in [1.29, 1.82) is 0 Å². The molecule has 0 aromatic heterocycles. The molecule has 0 aliphatic carbocycles. The molecular formula is C15H19BrClIO. The van der Waals surface area contributed by atoms with Crippen molar-refractivity contribution in [3.63, 3.8) is 0 Å². The second kappa shape index (κ2) is 10.2. The van der Waals surface area contributed by atoms with Crippen LogP contribution in [0.4, 0.5) is 0 Å². The minimum Gasteiger partial charge on any atom is -0.298 e. The highest BCUT2D eigenvalue weighted by Crippen LogP contribution is 2.26. The van der Waals surface area contributed by atoms with Gasteiger partial charge in [-0.15, -0.1) is 11.6 Å². The van der Waals surface area contributed by atoms with Crippen molar-refractivity contribution < 1.29 is 4.79 Å². The largest absolute Gasteiger partial charge is 0.298 e. The normalized spacial score (nSPS) is 12.4. The maximum atomic E-state index is 12.1. The first kappa shape index (κ1) is 17.4. The Morgan fingerprint density at radius 3 is 2.63 bits per heavy atom. The van der Waals surface area contributed by atoms with Crippen molar-refractivity contribution in [2.24, 2.45) is 0 Å². The molecule has 1 aromatic rings. The Morgan fingerprint density at radius 1 is 1.26 bits per heavy atom. The fourth-order valence-electron chi connectivity index (χ4n) is 2.13. The van der Waals surface area contributed by atoms with E-state index in [4.69, 9.17) is 11.6 Å². The van der Waals surface area contributed by atoms with Gasteiger partial charge in [0, 0.05) is 15.4 Å². The molecule has 19 heavy (non-hydrogen) atoms. The van der Waals surface area contributed by atoms with Crippen molar-refractivity contribution >= 4 is 55.9 Å². The molecule has 0 saturated carbocycles. The van der Waals surface area contributed by atoms with E-state index in [-0.39, 0.29) is 11.7 Å². The minimum atomic E-state index is 0.0325. The molecule has 0 N–H and O–H groups in total. The molecule has 0 aliphatic heterocycles. The van der Waals surface area contributed by atoms with Gasteiger partial charge in [-0.1, -0.05) is 47.3 Å². The zero-order valence-corrected chi connectivity index (χ0v) is 15.4. The first-order valence-corrected chi connectivity index (χ1v) is 9.32. The van der Waals surface area contributed by atoms with Gasteiger partial charge in [-0.2, -0.15) is 0 Å². The third kappa shape index (κ3) is 6.58. The van der Waals surface area contributed by atoms with Gasteiger partial charge < -0.3 is 0 Å². The Kier molecular flexibility index (Phi) is 9.33. The number of benzene rings is 1. The van der Waals surface area contributed by atoms with Gasteiger partial charge in [0.25, 0.3) is 0 Å². The lowest BCUT2D eigenvalue weighted by atomic mass is 9.90. The quantitative estimate of drug-likeness (QED) is 0.271. The molecule has 0 saturated heterocycles. The van der Waals surface area contributed by atoms with E-state index < -0.39 is 0 Å². The summed E-state index contributed by atoms with van der Waals surface area (Å²) < 4.78 is 1.18. The summed E-state index contributed by atoms with van der Waals surface area (Å²) >= 11 is 11.3. The number of hydrogen-bond acceptors (Lipinski definition) is 1. The monoisotopic (exact) mass is 456 g/mol. The summed E-state index contributed by atoms with van der Waals surface area (Å²) in [5, 5.41) is 0.435. The number of unbranched alkanes of at least 4 members (excludes halogenated alkanes) is 3. The van der Waals surface area contributed by atoms with Crippen LogP contribution in [-0.4, -0.2) is 17.0 Å². The van der Waals surface area contributed by atoms with Gasteiger partial charge in [0.2, 0.25) is 0 Å². The zero-order chi connectivity index (χ0) is 14.1. The number of halogens is 3. The molecule has 0 aliphatic rings. The lowest BCUT2D eigenvalue weighted by Crippen LogP contribution is -2.14. The number of Topliss-reactive ketones (excluding diaryl/α,β-unsaturated/α-hetero) is 1. The van der Waals surface area contributed by atoms with E-state index in [1.54, 1.807) is 0 Å². The van der Waals surface area contributed by atoms with Gasteiger partial charge in [0.15, 0.2) is 5.78 Å². The summed E-state index contributed by atoms with van der Waals surface area (Å²) in [5.74, 6) is 1.05. The number of ketones is 1. The molecule has 1 aromatic carbocycles. The van der Waals surface area contributed by atoms with Gasteiger partial charge >= 0.3 is 0 Å². The average Bonchev–Trinajstić information content (AvgIpc) is 2.42. The molecule has 0 fully saturated rings. The van der Waals surface area contributed by atoms with Crippen molar-refractivity contribution in [1.82, 2.24) is 0 Å². The second-order valence-corrected chi connectivity index (χ2v) is 6.78. The Labute approximate surface area is 142 Å². The lowest BCUT2D eigenvalue weighted by molar-refractivity contribution is -0.118. The van der Waals surface area contributed by atoms with E-state index in [9.17, 15) is 4.79 Å². The molecule has 1 atom stereocenters. The Bertz CT molecular complexity index is 397. The predicted molar refractivity (Wildman–Crippen MR) is 94.5 cm³/mol. The summed E-state index contributed by atoms with van der Waals surface area (Å²) in [5.41, 5.74) is 1.15. The predicted octanol–water partition coefficient (Wildman–Crippen LogP) is 5.53. The molecule has 106 valence electrons. The highest BCUT2D eigenvalue weighted by Gasteiger charge is 2.19. The van der Waals surface area contributed by atoms with Crippen LogP contribution in [0, 0.1) is 3.57 Å². The molecule has 0 bridgehead atoms. The smallest absolute Gasteiger partial charge is 0.150 e. The van der Waals surface area contributed by atoms with Crippen LogP contribution in [0.25, 0.3) is 0 Å². The molecule has 1 nitrogen and oxygen atoms in total. The molecule has 0 heterocycles. The van der Waals surface area contributed by atoms with Crippen LogP contribution < -0.4 is 0 Å². The summed E-state index contributed by atoms with van der Waals surface area (Å²) in [6.45, 7) is 0. The van der Waals surface area contributed by atoms with Crippen molar-refractivity contribution in [2.75, 3.05) is 11.2 Å². The highest BCUT2D eigenvalue weighted by molar-refractivity contribution is 14.1. The SMILES string of the molecule is O=C(CBr)C(CCCCCCCl)c1cccc(I)c1. The topological polar surface area (TPSA) is 17.1 Å². The third-order valence-electron chi connectivity index (χ3n) is 3.15. The maximum Gasteiger partial charge on any atom is 0.150 e. The van der Waals surface area contributed by atoms with E-state index in [0.717, 1.165) is 43.5 Å². The van der Waals surface area contributed by atoms with Gasteiger partial charge in [-0.25, -0.2) is 0 Å². The van der Waals surface area contributed by atoms with Gasteiger partial charge in [0.05, 0.1) is 5.33 Å². The molecule has 0 amide bonds. The third-order valence-corrected chi connectivity index (χ3v) is 4.64. The number of hydrogen-bond donors (Lipinski definition) is 0. The maximum absolute atomic E-state index is 12.1. The number of alkyl halides is 2. The van der Waals surface area contributed by atoms with Crippen LogP contribution in [0.1, 0.15) is 43.6 Å². The van der Waals surface area contributed by atoms with Crippen LogP contribution >= 0.6 is 50.1 Å². The second-order valence-electron chi connectivity index (χ2n) is 4.60. The van der Waals surface area contributed by atoms with Crippen molar-refractivity contribution in [3.05, 3.63) is 33.4 Å². The summed E-state index contributed by atoms with van der Waals surface area (Å²) in [6.07, 6.45) is 5.41. The zero-order valence-electron chi connectivity index (χ0n) is 10.9. The molecule has 0 radical (unpaired) electrons. The minimum absolute atomic E-state index is 0.0325. The summed E-state index contributed by atoms with van der Waals surface area (Å²) in [6, 6.07) is 8.26. The van der Waals surface area contributed by atoms with Crippen LogP contribution in [0.5, 0.6) is 0 Å². The molecular weight excluding hydrogens is 438 g/mol. The lowest BCUT2D eigenvalue weighted by Gasteiger charge is -2.15. The number of carbonyl (C=O) groups is 1. The van der Waals surface area contributed by atoms with Crippen molar-refractivity contribution in [2.45, 2.75) is 38.0 Å². The van der Waals surface area contributed by atoms with E-state index in [2.05, 4.69) is 56.7 Å². The summed E-state index contributed by atoms with van der Waals surface area (Å²) in [4.78, 5) is 12.1. The van der Waals surface area contributed by atoms with Crippen LogP contribution in [-0.2, 0) is 4.79 Å². The molecule has 1 unspecified atom stereocenters. The van der Waals surface area contributed by atoms with E-state index in [0.29, 0.717) is 5.33 Å². The summed E-state index contributed by atoms with van der Waals surface area (Å²) in [7, 11) is 0. The molecule has 0 spiro atoms. The Balaban J connectivity index is 2.60. The highest BCUT2D eigenvalue weighted by atomic mass is 127. The standard InChI is InChI=1S/C15H19BrClIO/c16-11-15(19)14(8-3-1-2-4-9-17)12-6-5-7-13(18)10-12/h5-7,10,14H,1-4,8-9,11H2. The first-order valence-electron chi connectivity index (χ1n) is 6.59. The average molecular weight is 458 g/mol. The fourth-order valence-corrected chi connectivity index (χ4v) is 3.27. The van der Waals surface area contributed by atoms with Gasteiger partial charge in [-0.05, 0) is 53.1 Å². The first-order chi connectivity index (χ1) is 9.19. The van der Waals surface area contributed by atoms with Gasteiger partial charge in [-0.3, -0.25) is 4.79 Å². The number of carbonyl (C=O) groups excluding carboxylic acids is 1. The van der Waals surface area contributed by atoms with Crippen LogP contribution in [0.2, 0.25) is 0 Å². The fraction of sp³-hybridized carbons (Fsp3) is 0.533. The van der Waals surface area contributed by atoms with Gasteiger partial charge in [0.1, 0.15) is 0 Å². The van der Waals surface area contributed by atoms with E-state index in [1.165, 1.54) is 3.57 Å². The van der Waals surface area contributed by atoms with Crippen LogP contribution in [0.3, 0.4) is 0 Å². The molecule has 1 rings (SSSR count).